The molecule has 0 bridgehead atoms. The van der Waals surface area contributed by atoms with Gasteiger partial charge in [0.1, 0.15) is 23.0 Å². The van der Waals surface area contributed by atoms with Crippen LogP contribution in [-0.2, 0) is 5.41 Å². The molecule has 1 aliphatic heterocycles. The highest BCUT2D eigenvalue weighted by Crippen LogP contribution is 2.49. The Labute approximate surface area is 231 Å². The zero-order valence-corrected chi connectivity index (χ0v) is 22.0. The molecule has 0 fully saturated rings. The van der Waals surface area contributed by atoms with Crippen LogP contribution >= 0.6 is 0 Å². The number of furan rings is 1. The topological polar surface area (TPSA) is 27.3 Å². The summed E-state index contributed by atoms with van der Waals surface area (Å²) in [5.41, 5.74) is 8.71. The molecule has 2 aliphatic rings. The van der Waals surface area contributed by atoms with Crippen LogP contribution in [0, 0.1) is 0 Å². The van der Waals surface area contributed by atoms with E-state index in [1.54, 1.807) is 0 Å². The Morgan fingerprint density at radius 2 is 1.30 bits per heavy atom. The van der Waals surface area contributed by atoms with Crippen molar-refractivity contribution in [2.24, 2.45) is 0 Å². The third kappa shape index (κ3) is 2.89. The predicted molar refractivity (Wildman–Crippen MR) is 164 cm³/mol. The minimum Gasteiger partial charge on any atom is -0.485 e. The van der Waals surface area contributed by atoms with E-state index in [0.717, 1.165) is 27.7 Å². The maximum absolute atomic E-state index is 6.51. The summed E-state index contributed by atoms with van der Waals surface area (Å²) < 4.78 is 15.0. The fraction of sp³-hybridized carbons (Fsp3) is 0.0811. The molecule has 5 aromatic carbocycles. The summed E-state index contributed by atoms with van der Waals surface area (Å²) >= 11 is 0. The molecule has 3 nitrogen and oxygen atoms in total. The van der Waals surface area contributed by atoms with Crippen LogP contribution in [0.5, 0.6) is 5.75 Å². The quantitative estimate of drug-likeness (QED) is 0.229. The summed E-state index contributed by atoms with van der Waals surface area (Å²) in [6.07, 6.45) is 6.80. The first-order valence-electron chi connectivity index (χ1n) is 13.8. The van der Waals surface area contributed by atoms with Crippen molar-refractivity contribution < 1.29 is 9.15 Å². The minimum atomic E-state index is -0.297. The standard InChI is InChI=1S/C37H25NO2/c1-37-22-25(38-31-11-5-2-8-26(31)27-9-3-6-12-32(27)38)16-19-36(37)40-35-18-15-24(21-30(35)37)23-14-17-34-29(20-23)28-10-4-7-13-33(28)39-34/h2-22,36H,1H3. The second kappa shape index (κ2) is 7.77. The van der Waals surface area contributed by atoms with E-state index in [0.29, 0.717) is 0 Å². The molecule has 3 heterocycles. The summed E-state index contributed by atoms with van der Waals surface area (Å²) in [6.45, 7) is 2.30. The third-order valence-corrected chi connectivity index (χ3v) is 8.84. The van der Waals surface area contributed by atoms with Gasteiger partial charge in [-0.15, -0.1) is 0 Å². The van der Waals surface area contributed by atoms with Crippen molar-refractivity contribution in [1.82, 2.24) is 4.57 Å². The number of para-hydroxylation sites is 3. The maximum atomic E-state index is 6.51. The molecule has 0 saturated heterocycles. The van der Waals surface area contributed by atoms with Crippen LogP contribution in [0.15, 0.2) is 132 Å². The van der Waals surface area contributed by atoms with Crippen LogP contribution in [0.1, 0.15) is 12.5 Å². The number of hydrogen-bond donors (Lipinski definition) is 0. The Bertz CT molecular complexity index is 2170. The first-order chi connectivity index (χ1) is 19.7. The first kappa shape index (κ1) is 21.9. The molecule has 0 amide bonds. The third-order valence-electron chi connectivity index (χ3n) is 8.84. The second-order valence-electron chi connectivity index (χ2n) is 11.1. The summed E-state index contributed by atoms with van der Waals surface area (Å²) in [6, 6.07) is 38.7. The lowest BCUT2D eigenvalue weighted by Crippen LogP contribution is -2.34. The number of aromatic nitrogens is 1. The van der Waals surface area contributed by atoms with E-state index in [4.69, 9.17) is 9.15 Å². The lowest BCUT2D eigenvalue weighted by molar-refractivity contribution is 0.228. The SMILES string of the molecule is CC12C=C(n3c4ccccc4c4ccccc43)C=CC1Oc1ccc(-c3ccc4oc5ccccc5c4c3)cc12. The van der Waals surface area contributed by atoms with Gasteiger partial charge in [0.25, 0.3) is 0 Å². The van der Waals surface area contributed by atoms with Crippen LogP contribution in [0.2, 0.25) is 0 Å². The van der Waals surface area contributed by atoms with E-state index in [-0.39, 0.29) is 11.5 Å². The molecule has 2 atom stereocenters. The number of hydrogen-bond acceptors (Lipinski definition) is 2. The van der Waals surface area contributed by atoms with Gasteiger partial charge in [-0.2, -0.15) is 0 Å². The minimum absolute atomic E-state index is 0.0464. The first-order valence-corrected chi connectivity index (χ1v) is 13.8. The summed E-state index contributed by atoms with van der Waals surface area (Å²) in [5, 5.41) is 4.83. The molecule has 1 aliphatic carbocycles. The predicted octanol–water partition coefficient (Wildman–Crippen LogP) is 9.49. The van der Waals surface area contributed by atoms with E-state index in [1.165, 1.54) is 44.2 Å². The molecule has 2 unspecified atom stereocenters. The van der Waals surface area contributed by atoms with Crippen molar-refractivity contribution in [3.8, 4) is 16.9 Å². The summed E-state index contributed by atoms with van der Waals surface area (Å²) in [4.78, 5) is 0. The number of benzene rings is 5. The van der Waals surface area contributed by atoms with E-state index in [2.05, 4.69) is 127 Å². The molecule has 0 N–H and O–H groups in total. The molecule has 7 aromatic rings. The van der Waals surface area contributed by atoms with Gasteiger partial charge in [0.15, 0.2) is 0 Å². The number of allylic oxidation sites excluding steroid dienone is 2. The van der Waals surface area contributed by atoms with Crippen LogP contribution in [0.3, 0.4) is 0 Å². The highest BCUT2D eigenvalue weighted by molar-refractivity contribution is 6.10. The van der Waals surface area contributed by atoms with Gasteiger partial charge in [0.05, 0.1) is 16.4 Å². The van der Waals surface area contributed by atoms with E-state index >= 15 is 0 Å². The molecule has 0 spiro atoms. The number of nitrogens with zero attached hydrogens (tertiary/aromatic N) is 1. The molecule has 0 saturated carbocycles. The van der Waals surface area contributed by atoms with Gasteiger partial charge < -0.3 is 13.7 Å². The number of rotatable bonds is 2. The van der Waals surface area contributed by atoms with Crippen molar-refractivity contribution in [3.63, 3.8) is 0 Å². The summed E-state index contributed by atoms with van der Waals surface area (Å²) in [5.74, 6) is 0.954. The molecule has 9 rings (SSSR count). The Balaban J connectivity index is 1.20. The van der Waals surface area contributed by atoms with Gasteiger partial charge in [-0.1, -0.05) is 66.7 Å². The molecular weight excluding hydrogens is 490 g/mol. The van der Waals surface area contributed by atoms with Crippen molar-refractivity contribution >= 4 is 49.4 Å². The zero-order valence-electron chi connectivity index (χ0n) is 22.0. The van der Waals surface area contributed by atoms with Crippen molar-refractivity contribution in [1.29, 1.82) is 0 Å². The smallest absolute Gasteiger partial charge is 0.135 e. The Kier molecular flexibility index (Phi) is 4.25. The largest absolute Gasteiger partial charge is 0.485 e. The average Bonchev–Trinajstić information content (AvgIpc) is 3.63. The van der Waals surface area contributed by atoms with Gasteiger partial charge in [0.2, 0.25) is 0 Å². The van der Waals surface area contributed by atoms with Gasteiger partial charge in [-0.25, -0.2) is 0 Å². The molecule has 2 aromatic heterocycles. The number of ether oxygens (including phenoxy) is 1. The van der Waals surface area contributed by atoms with Crippen LogP contribution in [0.25, 0.3) is 60.6 Å². The van der Waals surface area contributed by atoms with Crippen molar-refractivity contribution in [3.05, 3.63) is 133 Å². The van der Waals surface area contributed by atoms with Gasteiger partial charge >= 0.3 is 0 Å². The molecule has 3 heteroatoms. The van der Waals surface area contributed by atoms with E-state index in [1.807, 2.05) is 12.1 Å². The fourth-order valence-corrected chi connectivity index (χ4v) is 6.83. The van der Waals surface area contributed by atoms with Crippen LogP contribution in [-0.4, -0.2) is 10.7 Å². The molecule has 190 valence electrons. The highest BCUT2D eigenvalue weighted by atomic mass is 16.5. The molecule has 0 radical (unpaired) electrons. The highest BCUT2D eigenvalue weighted by Gasteiger charge is 2.44. The lowest BCUT2D eigenvalue weighted by atomic mass is 9.75. The maximum Gasteiger partial charge on any atom is 0.135 e. The van der Waals surface area contributed by atoms with Crippen LogP contribution < -0.4 is 4.74 Å². The fourth-order valence-electron chi connectivity index (χ4n) is 6.83. The Morgan fingerprint density at radius 1 is 0.650 bits per heavy atom. The van der Waals surface area contributed by atoms with E-state index in [9.17, 15) is 0 Å². The number of fused-ring (bicyclic) bond motifs is 9. The normalized spacial score (nSPS) is 19.7. The molecule has 40 heavy (non-hydrogen) atoms. The van der Waals surface area contributed by atoms with Crippen LogP contribution in [0.4, 0.5) is 0 Å². The van der Waals surface area contributed by atoms with Gasteiger partial charge in [-0.3, -0.25) is 0 Å². The van der Waals surface area contributed by atoms with Gasteiger partial charge in [-0.05, 0) is 78.7 Å². The Morgan fingerprint density at radius 3 is 2.10 bits per heavy atom. The van der Waals surface area contributed by atoms with Crippen molar-refractivity contribution in [2.45, 2.75) is 18.4 Å². The molecular formula is C37H25NO2. The second-order valence-corrected chi connectivity index (χ2v) is 11.1. The van der Waals surface area contributed by atoms with Gasteiger partial charge in [0, 0.05) is 32.8 Å². The van der Waals surface area contributed by atoms with E-state index < -0.39 is 0 Å². The summed E-state index contributed by atoms with van der Waals surface area (Å²) in [7, 11) is 0. The average molecular weight is 516 g/mol. The zero-order chi connectivity index (χ0) is 26.4. The van der Waals surface area contributed by atoms with Crippen molar-refractivity contribution in [2.75, 3.05) is 0 Å². The lowest BCUT2D eigenvalue weighted by Gasteiger charge is -2.30. The monoisotopic (exact) mass is 515 g/mol. The Hall–Kier alpha value is -5.02.